The highest BCUT2D eigenvalue weighted by atomic mass is 35.5. The van der Waals surface area contributed by atoms with Gasteiger partial charge in [-0.1, -0.05) is 30.4 Å². The Balaban J connectivity index is 1.64. The summed E-state index contributed by atoms with van der Waals surface area (Å²) in [7, 11) is 0. The minimum absolute atomic E-state index is 0.0251. The van der Waals surface area contributed by atoms with E-state index in [9.17, 15) is 5.11 Å². The molecule has 0 amide bonds. The Hall–Kier alpha value is -1.32. The highest BCUT2D eigenvalue weighted by molar-refractivity contribution is 6.29. The van der Waals surface area contributed by atoms with E-state index in [4.69, 9.17) is 16.3 Å². The fourth-order valence-electron chi connectivity index (χ4n) is 3.42. The summed E-state index contributed by atoms with van der Waals surface area (Å²) in [5, 5.41) is 10.1. The normalized spacial score (nSPS) is 20.5. The number of nitrogens with zero attached hydrogens (tertiary/aromatic N) is 3. The molecule has 2 fully saturated rings. The molecule has 0 bridgehead atoms. The molecule has 2 aliphatic heterocycles. The summed E-state index contributed by atoms with van der Waals surface area (Å²) in [5.41, 5.74) is 2.02. The van der Waals surface area contributed by atoms with Crippen molar-refractivity contribution in [3.63, 3.8) is 0 Å². The van der Waals surface area contributed by atoms with E-state index in [2.05, 4.69) is 33.5 Å². The molecule has 0 aliphatic carbocycles. The van der Waals surface area contributed by atoms with E-state index in [0.717, 1.165) is 76.5 Å². The number of aliphatic hydroxyl groups is 1. The Morgan fingerprint density at radius 3 is 2.69 bits per heavy atom. The van der Waals surface area contributed by atoms with Gasteiger partial charge in [0.05, 0.1) is 24.5 Å². The van der Waals surface area contributed by atoms with E-state index in [-0.39, 0.29) is 12.0 Å². The van der Waals surface area contributed by atoms with Gasteiger partial charge >= 0.3 is 0 Å². The second-order valence-electron chi connectivity index (χ2n) is 7.49. The molecule has 3 heterocycles. The summed E-state index contributed by atoms with van der Waals surface area (Å²) in [6.07, 6.45) is 4.55. The lowest BCUT2D eigenvalue weighted by Gasteiger charge is -2.39. The molecule has 26 heavy (non-hydrogen) atoms. The number of ether oxygens (including phenoxy) is 1. The van der Waals surface area contributed by atoms with E-state index >= 15 is 0 Å². The number of anilines is 1. The van der Waals surface area contributed by atoms with Gasteiger partial charge in [0.15, 0.2) is 0 Å². The van der Waals surface area contributed by atoms with Gasteiger partial charge in [-0.05, 0) is 18.3 Å². The van der Waals surface area contributed by atoms with Crippen molar-refractivity contribution in [2.45, 2.75) is 26.2 Å². The van der Waals surface area contributed by atoms with Crippen LogP contribution in [0.5, 0.6) is 0 Å². The van der Waals surface area contributed by atoms with Crippen molar-refractivity contribution >= 4 is 17.3 Å². The summed E-state index contributed by atoms with van der Waals surface area (Å²) < 4.78 is 5.37. The molecule has 2 aliphatic rings. The zero-order valence-corrected chi connectivity index (χ0v) is 16.3. The first kappa shape index (κ1) is 19.4. The third-order valence-electron chi connectivity index (χ3n) is 5.42. The van der Waals surface area contributed by atoms with Gasteiger partial charge in [0, 0.05) is 58.0 Å². The molecule has 1 aromatic rings. The molecule has 0 saturated carbocycles. The summed E-state index contributed by atoms with van der Waals surface area (Å²) in [5.74, 6) is 6.59. The number of pyridine rings is 1. The van der Waals surface area contributed by atoms with E-state index in [1.54, 1.807) is 6.20 Å². The number of rotatable bonds is 4. The van der Waals surface area contributed by atoms with E-state index in [0.29, 0.717) is 5.15 Å². The lowest BCUT2D eigenvalue weighted by Crippen LogP contribution is -2.40. The standard InChI is InChI=1S/C20H28ClN3O2/c1-20(16-25)5-8-24(9-6-20)18-14-19(21)22-15-17(18)4-2-3-7-23-10-12-26-13-11-23/h14-15,25H,3,5-13,16H2,1H3. The van der Waals surface area contributed by atoms with Crippen LogP contribution in [0.25, 0.3) is 0 Å². The molecule has 0 unspecified atom stereocenters. The van der Waals surface area contributed by atoms with Gasteiger partial charge in [-0.25, -0.2) is 4.98 Å². The number of piperidine rings is 1. The van der Waals surface area contributed by atoms with Crippen LogP contribution in [0, 0.1) is 17.3 Å². The summed E-state index contributed by atoms with van der Waals surface area (Å²) in [6.45, 7) is 8.80. The number of halogens is 1. The molecule has 0 spiro atoms. The third-order valence-corrected chi connectivity index (χ3v) is 5.63. The molecule has 0 aromatic carbocycles. The van der Waals surface area contributed by atoms with E-state index in [1.807, 2.05) is 6.07 Å². The van der Waals surface area contributed by atoms with Gasteiger partial charge < -0.3 is 14.7 Å². The second kappa shape index (κ2) is 9.05. The quantitative estimate of drug-likeness (QED) is 0.645. The van der Waals surface area contributed by atoms with Crippen molar-refractivity contribution in [3.8, 4) is 11.8 Å². The van der Waals surface area contributed by atoms with Gasteiger partial charge in [0.25, 0.3) is 0 Å². The van der Waals surface area contributed by atoms with Crippen molar-refractivity contribution in [1.82, 2.24) is 9.88 Å². The van der Waals surface area contributed by atoms with Gasteiger partial charge in [-0.15, -0.1) is 0 Å². The van der Waals surface area contributed by atoms with Crippen molar-refractivity contribution in [2.75, 3.05) is 57.4 Å². The van der Waals surface area contributed by atoms with Crippen LogP contribution in [0.3, 0.4) is 0 Å². The molecule has 0 atom stereocenters. The first-order chi connectivity index (χ1) is 12.6. The molecule has 6 heteroatoms. The lowest BCUT2D eigenvalue weighted by molar-refractivity contribution is 0.0390. The lowest BCUT2D eigenvalue weighted by atomic mass is 9.81. The summed E-state index contributed by atoms with van der Waals surface area (Å²) in [4.78, 5) is 8.92. The minimum atomic E-state index is 0.0251. The van der Waals surface area contributed by atoms with Crippen LogP contribution in [-0.2, 0) is 4.74 Å². The first-order valence-corrected chi connectivity index (χ1v) is 9.78. The first-order valence-electron chi connectivity index (χ1n) is 9.40. The molecule has 3 rings (SSSR count). The van der Waals surface area contributed by atoms with Crippen LogP contribution >= 0.6 is 11.6 Å². The Morgan fingerprint density at radius 2 is 2.00 bits per heavy atom. The van der Waals surface area contributed by atoms with Crippen molar-refractivity contribution in [2.24, 2.45) is 5.41 Å². The fraction of sp³-hybridized carbons (Fsp3) is 0.650. The monoisotopic (exact) mass is 377 g/mol. The molecular weight excluding hydrogens is 350 g/mol. The topological polar surface area (TPSA) is 48.8 Å². The molecule has 5 nitrogen and oxygen atoms in total. The van der Waals surface area contributed by atoms with Crippen LogP contribution in [0.2, 0.25) is 5.15 Å². The smallest absolute Gasteiger partial charge is 0.131 e. The highest BCUT2D eigenvalue weighted by Gasteiger charge is 2.30. The predicted molar refractivity (Wildman–Crippen MR) is 105 cm³/mol. The van der Waals surface area contributed by atoms with Gasteiger partial charge in [-0.3, -0.25) is 4.90 Å². The summed E-state index contributed by atoms with van der Waals surface area (Å²) >= 11 is 6.14. The van der Waals surface area contributed by atoms with Crippen LogP contribution in [-0.4, -0.2) is 67.5 Å². The Morgan fingerprint density at radius 1 is 1.27 bits per heavy atom. The SMILES string of the molecule is CC1(CO)CCN(c2cc(Cl)ncc2C#CCCN2CCOCC2)CC1. The molecule has 142 valence electrons. The molecule has 2 saturated heterocycles. The second-order valence-corrected chi connectivity index (χ2v) is 7.87. The van der Waals surface area contributed by atoms with Crippen molar-refractivity contribution in [1.29, 1.82) is 0 Å². The average Bonchev–Trinajstić information content (AvgIpc) is 2.68. The zero-order valence-electron chi connectivity index (χ0n) is 15.5. The Kier molecular flexibility index (Phi) is 6.77. The van der Waals surface area contributed by atoms with Crippen LogP contribution in [0.15, 0.2) is 12.3 Å². The number of morpholine rings is 1. The van der Waals surface area contributed by atoms with Crippen LogP contribution < -0.4 is 4.90 Å². The zero-order chi connectivity index (χ0) is 18.4. The van der Waals surface area contributed by atoms with Crippen molar-refractivity contribution in [3.05, 3.63) is 23.0 Å². The fourth-order valence-corrected chi connectivity index (χ4v) is 3.57. The summed E-state index contributed by atoms with van der Waals surface area (Å²) in [6, 6.07) is 1.91. The number of hydrogen-bond acceptors (Lipinski definition) is 5. The van der Waals surface area contributed by atoms with Gasteiger partial charge in [0.2, 0.25) is 0 Å². The van der Waals surface area contributed by atoms with Crippen LogP contribution in [0.4, 0.5) is 5.69 Å². The third kappa shape index (κ3) is 5.11. The van der Waals surface area contributed by atoms with E-state index in [1.165, 1.54) is 0 Å². The predicted octanol–water partition coefficient (Wildman–Crippen LogP) is 2.41. The molecule has 0 radical (unpaired) electrons. The molecule has 1 N–H and O–H groups in total. The number of aromatic nitrogens is 1. The number of aliphatic hydroxyl groups excluding tert-OH is 1. The number of hydrogen-bond donors (Lipinski definition) is 1. The van der Waals surface area contributed by atoms with Gasteiger partial charge in [-0.2, -0.15) is 0 Å². The molecular formula is C20H28ClN3O2. The maximum absolute atomic E-state index is 9.57. The Labute approximate surface area is 161 Å². The minimum Gasteiger partial charge on any atom is -0.396 e. The highest BCUT2D eigenvalue weighted by Crippen LogP contribution is 2.34. The van der Waals surface area contributed by atoms with Crippen LogP contribution in [0.1, 0.15) is 31.7 Å². The molecule has 1 aromatic heterocycles. The van der Waals surface area contributed by atoms with E-state index < -0.39 is 0 Å². The maximum atomic E-state index is 9.57. The Bertz CT molecular complexity index is 657. The van der Waals surface area contributed by atoms with Crippen molar-refractivity contribution < 1.29 is 9.84 Å². The van der Waals surface area contributed by atoms with Gasteiger partial charge in [0.1, 0.15) is 5.15 Å². The maximum Gasteiger partial charge on any atom is 0.131 e. The largest absolute Gasteiger partial charge is 0.396 e. The average molecular weight is 378 g/mol.